The van der Waals surface area contributed by atoms with Gasteiger partial charge in [0.05, 0.1) is 12.1 Å². The van der Waals surface area contributed by atoms with Crippen LogP contribution in [0.25, 0.3) is 0 Å². The largest absolute Gasteiger partial charge is 0.490 e. The molecule has 0 heterocycles. The summed E-state index contributed by atoms with van der Waals surface area (Å²) >= 11 is 0. The minimum absolute atomic E-state index is 0.193. The van der Waals surface area contributed by atoms with Gasteiger partial charge >= 0.3 is 0 Å². The predicted molar refractivity (Wildman–Crippen MR) is 67.9 cm³/mol. The lowest BCUT2D eigenvalue weighted by Crippen LogP contribution is -2.52. The number of amides is 1. The van der Waals surface area contributed by atoms with Gasteiger partial charge < -0.3 is 15.8 Å². The summed E-state index contributed by atoms with van der Waals surface area (Å²) in [5.74, 6) is -0.640. The number of primary amides is 1. The number of hydrogen-bond donors (Lipinski definition) is 2. The summed E-state index contributed by atoms with van der Waals surface area (Å²) in [6.07, 6.45) is 0.367. The third-order valence-corrected chi connectivity index (χ3v) is 3.11. The van der Waals surface area contributed by atoms with Gasteiger partial charge in [0.1, 0.15) is 0 Å². The van der Waals surface area contributed by atoms with Crippen molar-refractivity contribution in [2.24, 2.45) is 5.73 Å². The average Bonchev–Trinajstić information content (AvgIpc) is 2.34. The highest BCUT2D eigenvalue weighted by atomic mass is 19.1. The molecule has 0 bridgehead atoms. The molecular weight excluding hydrogens is 235 g/mol. The Morgan fingerprint density at radius 2 is 2.22 bits per heavy atom. The molecular formula is C13H19FN2O2. The van der Waals surface area contributed by atoms with Crippen LogP contribution in [-0.4, -0.2) is 25.1 Å². The van der Waals surface area contributed by atoms with Crippen molar-refractivity contribution in [3.05, 3.63) is 29.6 Å². The van der Waals surface area contributed by atoms with Crippen molar-refractivity contribution in [2.75, 3.05) is 13.7 Å². The summed E-state index contributed by atoms with van der Waals surface area (Å²) in [6, 6.07) is 4.95. The Hall–Kier alpha value is -1.62. The highest BCUT2D eigenvalue weighted by Gasteiger charge is 2.28. The summed E-state index contributed by atoms with van der Waals surface area (Å²) in [5.41, 5.74) is 4.96. The molecule has 18 heavy (non-hydrogen) atoms. The molecule has 1 amide bonds. The van der Waals surface area contributed by atoms with E-state index in [9.17, 15) is 9.18 Å². The van der Waals surface area contributed by atoms with E-state index in [0.29, 0.717) is 12.0 Å². The second-order valence-corrected chi connectivity index (χ2v) is 4.43. The molecule has 0 fully saturated rings. The molecule has 3 N–H and O–H groups in total. The number of likely N-dealkylation sites (N-methyl/N-ethyl adjacent to an activating group) is 1. The molecule has 1 aromatic rings. The van der Waals surface area contributed by atoms with Crippen LogP contribution in [0.1, 0.15) is 18.9 Å². The van der Waals surface area contributed by atoms with Crippen molar-refractivity contribution < 1.29 is 13.9 Å². The van der Waals surface area contributed by atoms with Crippen molar-refractivity contribution in [2.45, 2.75) is 25.8 Å². The van der Waals surface area contributed by atoms with Gasteiger partial charge in [-0.2, -0.15) is 0 Å². The molecule has 0 aliphatic rings. The first kappa shape index (κ1) is 14.4. The fraction of sp³-hybridized carbons (Fsp3) is 0.462. The van der Waals surface area contributed by atoms with Crippen molar-refractivity contribution in [1.82, 2.24) is 5.32 Å². The molecule has 100 valence electrons. The van der Waals surface area contributed by atoms with Gasteiger partial charge in [-0.25, -0.2) is 4.39 Å². The minimum Gasteiger partial charge on any atom is -0.490 e. The van der Waals surface area contributed by atoms with Crippen LogP contribution in [-0.2, 0) is 4.79 Å². The number of nitrogens with two attached hydrogens (primary N) is 1. The average molecular weight is 254 g/mol. The van der Waals surface area contributed by atoms with E-state index in [0.717, 1.165) is 0 Å². The summed E-state index contributed by atoms with van der Waals surface area (Å²) < 4.78 is 19.0. The Kier molecular flexibility index (Phi) is 4.67. The van der Waals surface area contributed by atoms with E-state index in [4.69, 9.17) is 10.5 Å². The molecule has 0 spiro atoms. The first-order chi connectivity index (χ1) is 8.40. The third kappa shape index (κ3) is 3.20. The standard InChI is InChI=1S/C13H19FN2O2/c1-9-5-4-6-10(11(9)14)18-8-7-13(2,16-3)12(15)17/h4-6,16H,7-8H2,1-3H3,(H2,15,17). The quantitative estimate of drug-likeness (QED) is 0.805. The number of halogens is 1. The van der Waals surface area contributed by atoms with Crippen molar-refractivity contribution in [3.63, 3.8) is 0 Å². The molecule has 4 nitrogen and oxygen atoms in total. The molecule has 5 heteroatoms. The minimum atomic E-state index is -0.847. The Balaban J connectivity index is 2.61. The maximum Gasteiger partial charge on any atom is 0.237 e. The zero-order valence-corrected chi connectivity index (χ0v) is 10.9. The van der Waals surface area contributed by atoms with Gasteiger partial charge in [-0.3, -0.25) is 4.79 Å². The zero-order chi connectivity index (χ0) is 13.8. The molecule has 0 radical (unpaired) electrons. The van der Waals surface area contributed by atoms with Crippen LogP contribution < -0.4 is 15.8 Å². The number of carbonyl (C=O) groups is 1. The van der Waals surface area contributed by atoms with E-state index in [2.05, 4.69) is 5.32 Å². The van der Waals surface area contributed by atoms with E-state index in [1.807, 2.05) is 0 Å². The number of ether oxygens (including phenoxy) is 1. The highest BCUT2D eigenvalue weighted by Crippen LogP contribution is 2.20. The Bertz CT molecular complexity index is 437. The highest BCUT2D eigenvalue weighted by molar-refractivity contribution is 5.84. The van der Waals surface area contributed by atoms with E-state index in [-0.39, 0.29) is 18.2 Å². The second kappa shape index (κ2) is 5.82. The number of carbonyl (C=O) groups excluding carboxylic acids is 1. The lowest BCUT2D eigenvalue weighted by atomic mass is 9.98. The van der Waals surface area contributed by atoms with Crippen molar-refractivity contribution >= 4 is 5.91 Å². The normalized spacial score (nSPS) is 14.0. The molecule has 0 aliphatic heterocycles. The van der Waals surface area contributed by atoms with Gasteiger partial charge in [-0.1, -0.05) is 12.1 Å². The van der Waals surface area contributed by atoms with Gasteiger partial charge in [-0.05, 0) is 32.5 Å². The number of benzene rings is 1. The summed E-state index contributed by atoms with van der Waals surface area (Å²) in [5, 5.41) is 2.84. The fourth-order valence-electron chi connectivity index (χ4n) is 1.47. The van der Waals surface area contributed by atoms with E-state index >= 15 is 0 Å². The van der Waals surface area contributed by atoms with Crippen LogP contribution in [0.5, 0.6) is 5.75 Å². The number of hydrogen-bond acceptors (Lipinski definition) is 3. The van der Waals surface area contributed by atoms with E-state index < -0.39 is 11.4 Å². The molecule has 1 unspecified atom stereocenters. The zero-order valence-electron chi connectivity index (χ0n) is 10.9. The molecule has 1 aromatic carbocycles. The van der Waals surface area contributed by atoms with Crippen LogP contribution in [0.3, 0.4) is 0 Å². The van der Waals surface area contributed by atoms with Crippen LogP contribution in [0, 0.1) is 12.7 Å². The van der Waals surface area contributed by atoms with Gasteiger partial charge in [0, 0.05) is 6.42 Å². The SMILES string of the molecule is CNC(C)(CCOc1cccc(C)c1F)C(N)=O. The first-order valence-electron chi connectivity index (χ1n) is 5.77. The van der Waals surface area contributed by atoms with Gasteiger partial charge in [-0.15, -0.1) is 0 Å². The van der Waals surface area contributed by atoms with Gasteiger partial charge in [0.15, 0.2) is 11.6 Å². The molecule has 0 saturated carbocycles. The molecule has 0 aromatic heterocycles. The molecule has 1 atom stereocenters. The van der Waals surface area contributed by atoms with Gasteiger partial charge in [0.2, 0.25) is 5.91 Å². The lowest BCUT2D eigenvalue weighted by Gasteiger charge is -2.25. The van der Waals surface area contributed by atoms with Crippen LogP contribution in [0.15, 0.2) is 18.2 Å². The Morgan fingerprint density at radius 1 is 1.56 bits per heavy atom. The predicted octanol–water partition coefficient (Wildman–Crippen LogP) is 1.37. The maximum atomic E-state index is 13.6. The Morgan fingerprint density at radius 3 is 2.78 bits per heavy atom. The summed E-state index contributed by atoms with van der Waals surface area (Å²) in [7, 11) is 1.65. The summed E-state index contributed by atoms with van der Waals surface area (Å²) in [6.45, 7) is 3.56. The number of rotatable bonds is 6. The Labute approximate surface area is 106 Å². The first-order valence-corrected chi connectivity index (χ1v) is 5.77. The lowest BCUT2D eigenvalue weighted by molar-refractivity contribution is -0.124. The maximum absolute atomic E-state index is 13.6. The molecule has 0 saturated heterocycles. The monoisotopic (exact) mass is 254 g/mol. The van der Waals surface area contributed by atoms with E-state index in [1.54, 1.807) is 39.1 Å². The number of nitrogens with one attached hydrogen (secondary N) is 1. The van der Waals surface area contributed by atoms with Crippen LogP contribution in [0.4, 0.5) is 4.39 Å². The van der Waals surface area contributed by atoms with E-state index in [1.165, 1.54) is 0 Å². The van der Waals surface area contributed by atoms with Gasteiger partial charge in [0.25, 0.3) is 0 Å². The van der Waals surface area contributed by atoms with Crippen LogP contribution in [0.2, 0.25) is 0 Å². The number of aryl methyl sites for hydroxylation is 1. The van der Waals surface area contributed by atoms with Crippen LogP contribution >= 0.6 is 0 Å². The van der Waals surface area contributed by atoms with Crippen molar-refractivity contribution in [3.8, 4) is 5.75 Å². The topological polar surface area (TPSA) is 64.3 Å². The fourth-order valence-corrected chi connectivity index (χ4v) is 1.47. The molecule has 1 rings (SSSR count). The third-order valence-electron chi connectivity index (χ3n) is 3.11. The summed E-state index contributed by atoms with van der Waals surface area (Å²) in [4.78, 5) is 11.2. The second-order valence-electron chi connectivity index (χ2n) is 4.43. The smallest absolute Gasteiger partial charge is 0.237 e. The molecule has 0 aliphatic carbocycles. The van der Waals surface area contributed by atoms with Crippen molar-refractivity contribution in [1.29, 1.82) is 0 Å².